The number of benzene rings is 1. The molecule has 21 heavy (non-hydrogen) atoms. The number of esters is 1. The van der Waals surface area contributed by atoms with Gasteiger partial charge < -0.3 is 15.4 Å². The summed E-state index contributed by atoms with van der Waals surface area (Å²) in [4.78, 5) is 23.6. The molecule has 0 radical (unpaired) electrons. The molecule has 2 rings (SSSR count). The Kier molecular flexibility index (Phi) is 5.20. The van der Waals surface area contributed by atoms with Gasteiger partial charge in [0.15, 0.2) is 0 Å². The number of carbonyl (C=O) groups is 2. The summed E-state index contributed by atoms with van der Waals surface area (Å²) >= 11 is 0. The van der Waals surface area contributed by atoms with Crippen molar-refractivity contribution in [1.82, 2.24) is 5.32 Å². The fourth-order valence-electron chi connectivity index (χ4n) is 2.59. The lowest BCUT2D eigenvalue weighted by atomic mass is 9.96. The van der Waals surface area contributed by atoms with Gasteiger partial charge in [0, 0.05) is 11.7 Å². The molecule has 0 unspecified atom stereocenters. The van der Waals surface area contributed by atoms with E-state index in [0.717, 1.165) is 18.4 Å². The zero-order chi connectivity index (χ0) is 15.2. The highest BCUT2D eigenvalue weighted by atomic mass is 16.5. The van der Waals surface area contributed by atoms with E-state index in [1.165, 1.54) is 26.4 Å². The SMILES string of the molecule is COC(=O)c1ccc(C)c(NC(=O)NC2CCCCC2)c1. The number of methoxy groups -OCH3 is 1. The summed E-state index contributed by atoms with van der Waals surface area (Å²) in [5.74, 6) is -0.411. The average molecular weight is 290 g/mol. The molecule has 1 aromatic rings. The fourth-order valence-corrected chi connectivity index (χ4v) is 2.59. The minimum atomic E-state index is -0.411. The molecule has 2 amide bonds. The van der Waals surface area contributed by atoms with E-state index in [1.807, 2.05) is 6.92 Å². The molecule has 0 spiro atoms. The smallest absolute Gasteiger partial charge is 0.337 e. The van der Waals surface area contributed by atoms with Crippen LogP contribution in [0.5, 0.6) is 0 Å². The van der Waals surface area contributed by atoms with Gasteiger partial charge in [-0.25, -0.2) is 9.59 Å². The van der Waals surface area contributed by atoms with Crippen LogP contribution >= 0.6 is 0 Å². The molecule has 1 aromatic carbocycles. The van der Waals surface area contributed by atoms with Crippen molar-refractivity contribution in [3.05, 3.63) is 29.3 Å². The number of rotatable bonds is 3. The Labute approximate surface area is 125 Å². The zero-order valence-electron chi connectivity index (χ0n) is 12.6. The number of nitrogens with one attached hydrogen (secondary N) is 2. The average Bonchev–Trinajstić information content (AvgIpc) is 2.49. The van der Waals surface area contributed by atoms with Crippen molar-refractivity contribution in [2.24, 2.45) is 0 Å². The summed E-state index contributed by atoms with van der Waals surface area (Å²) in [7, 11) is 1.34. The topological polar surface area (TPSA) is 67.4 Å². The second-order valence-corrected chi connectivity index (χ2v) is 5.45. The van der Waals surface area contributed by atoms with Gasteiger partial charge >= 0.3 is 12.0 Å². The molecule has 1 aliphatic rings. The predicted molar refractivity (Wildman–Crippen MR) is 81.5 cm³/mol. The molecule has 5 nitrogen and oxygen atoms in total. The van der Waals surface area contributed by atoms with Crippen LogP contribution in [0.2, 0.25) is 0 Å². The van der Waals surface area contributed by atoms with Crippen molar-refractivity contribution >= 4 is 17.7 Å². The van der Waals surface area contributed by atoms with Gasteiger partial charge in [-0.3, -0.25) is 0 Å². The lowest BCUT2D eigenvalue weighted by Gasteiger charge is -2.23. The van der Waals surface area contributed by atoms with Crippen molar-refractivity contribution in [2.75, 3.05) is 12.4 Å². The van der Waals surface area contributed by atoms with E-state index in [2.05, 4.69) is 10.6 Å². The number of urea groups is 1. The molecule has 1 fully saturated rings. The summed E-state index contributed by atoms with van der Waals surface area (Å²) in [5, 5.41) is 5.81. The van der Waals surface area contributed by atoms with E-state index >= 15 is 0 Å². The van der Waals surface area contributed by atoms with Gasteiger partial charge in [-0.2, -0.15) is 0 Å². The maximum absolute atomic E-state index is 12.0. The maximum Gasteiger partial charge on any atom is 0.337 e. The second-order valence-electron chi connectivity index (χ2n) is 5.45. The molecule has 1 aliphatic carbocycles. The van der Waals surface area contributed by atoms with Gasteiger partial charge in [0.05, 0.1) is 12.7 Å². The number of aryl methyl sites for hydroxylation is 1. The van der Waals surface area contributed by atoms with Gasteiger partial charge in [0.1, 0.15) is 0 Å². The molecular formula is C16H22N2O3. The number of amides is 2. The summed E-state index contributed by atoms with van der Waals surface area (Å²) in [6, 6.07) is 5.16. The van der Waals surface area contributed by atoms with Gasteiger partial charge in [-0.15, -0.1) is 0 Å². The van der Waals surface area contributed by atoms with Gasteiger partial charge in [-0.05, 0) is 37.5 Å². The van der Waals surface area contributed by atoms with E-state index in [4.69, 9.17) is 4.74 Å². The van der Waals surface area contributed by atoms with Crippen LogP contribution in [-0.2, 0) is 4.74 Å². The third kappa shape index (κ3) is 4.21. The lowest BCUT2D eigenvalue weighted by Crippen LogP contribution is -2.39. The molecule has 0 heterocycles. The second kappa shape index (κ2) is 7.11. The fraction of sp³-hybridized carbons (Fsp3) is 0.500. The van der Waals surface area contributed by atoms with Crippen LogP contribution in [0, 0.1) is 6.92 Å². The van der Waals surface area contributed by atoms with E-state index < -0.39 is 5.97 Å². The first-order chi connectivity index (χ1) is 10.1. The van der Waals surface area contributed by atoms with Crippen molar-refractivity contribution in [1.29, 1.82) is 0 Å². The first kappa shape index (κ1) is 15.4. The molecule has 0 atom stereocenters. The van der Waals surface area contributed by atoms with E-state index in [-0.39, 0.29) is 12.1 Å². The third-order valence-electron chi connectivity index (χ3n) is 3.85. The minimum Gasteiger partial charge on any atom is -0.465 e. The Morgan fingerprint density at radius 1 is 1.19 bits per heavy atom. The summed E-state index contributed by atoms with van der Waals surface area (Å²) in [6.07, 6.45) is 5.66. The Morgan fingerprint density at radius 3 is 2.57 bits per heavy atom. The van der Waals surface area contributed by atoms with E-state index in [1.54, 1.807) is 18.2 Å². The van der Waals surface area contributed by atoms with Crippen LogP contribution in [0.4, 0.5) is 10.5 Å². The summed E-state index contributed by atoms with van der Waals surface area (Å²) in [5.41, 5.74) is 1.96. The number of ether oxygens (including phenoxy) is 1. The zero-order valence-corrected chi connectivity index (χ0v) is 12.6. The summed E-state index contributed by atoms with van der Waals surface area (Å²) < 4.78 is 4.69. The number of carbonyl (C=O) groups excluding carboxylic acids is 2. The normalized spacial score (nSPS) is 15.3. The molecule has 114 valence electrons. The first-order valence-electron chi connectivity index (χ1n) is 7.36. The Balaban J connectivity index is 2.00. The maximum atomic E-state index is 12.0. The molecule has 0 aromatic heterocycles. The van der Waals surface area contributed by atoms with Crippen LogP contribution in [-0.4, -0.2) is 25.2 Å². The van der Waals surface area contributed by atoms with E-state index in [0.29, 0.717) is 11.3 Å². The van der Waals surface area contributed by atoms with Crippen molar-refractivity contribution < 1.29 is 14.3 Å². The van der Waals surface area contributed by atoms with Crippen LogP contribution in [0.15, 0.2) is 18.2 Å². The summed E-state index contributed by atoms with van der Waals surface area (Å²) in [6.45, 7) is 1.89. The van der Waals surface area contributed by atoms with Crippen molar-refractivity contribution in [2.45, 2.75) is 45.1 Å². The Morgan fingerprint density at radius 2 is 1.90 bits per heavy atom. The minimum absolute atomic E-state index is 0.216. The van der Waals surface area contributed by atoms with Crippen molar-refractivity contribution in [3.63, 3.8) is 0 Å². The van der Waals surface area contributed by atoms with Gasteiger partial charge in [0.25, 0.3) is 0 Å². The van der Waals surface area contributed by atoms with Gasteiger partial charge in [-0.1, -0.05) is 25.3 Å². The standard InChI is InChI=1S/C16H22N2O3/c1-11-8-9-12(15(19)21-2)10-14(11)18-16(20)17-13-6-4-3-5-7-13/h8-10,13H,3-7H2,1-2H3,(H2,17,18,20). The third-order valence-corrected chi connectivity index (χ3v) is 3.85. The Hall–Kier alpha value is -2.04. The highest BCUT2D eigenvalue weighted by Crippen LogP contribution is 2.19. The molecule has 0 saturated heterocycles. The van der Waals surface area contributed by atoms with Crippen LogP contribution in [0.25, 0.3) is 0 Å². The van der Waals surface area contributed by atoms with Crippen LogP contribution < -0.4 is 10.6 Å². The highest BCUT2D eigenvalue weighted by molar-refractivity contribution is 5.94. The first-order valence-corrected chi connectivity index (χ1v) is 7.36. The molecule has 5 heteroatoms. The molecule has 2 N–H and O–H groups in total. The highest BCUT2D eigenvalue weighted by Gasteiger charge is 2.16. The number of anilines is 1. The largest absolute Gasteiger partial charge is 0.465 e. The molecular weight excluding hydrogens is 268 g/mol. The predicted octanol–water partition coefficient (Wildman–Crippen LogP) is 3.24. The Bertz CT molecular complexity index is 522. The van der Waals surface area contributed by atoms with Crippen LogP contribution in [0.3, 0.4) is 0 Å². The van der Waals surface area contributed by atoms with Gasteiger partial charge in [0.2, 0.25) is 0 Å². The monoisotopic (exact) mass is 290 g/mol. The molecule has 1 saturated carbocycles. The molecule has 0 bridgehead atoms. The lowest BCUT2D eigenvalue weighted by molar-refractivity contribution is 0.0600. The number of hydrogen-bond donors (Lipinski definition) is 2. The van der Waals surface area contributed by atoms with E-state index in [9.17, 15) is 9.59 Å². The quantitative estimate of drug-likeness (QED) is 0.840. The number of hydrogen-bond acceptors (Lipinski definition) is 3. The van der Waals surface area contributed by atoms with Crippen molar-refractivity contribution in [3.8, 4) is 0 Å². The molecule has 0 aliphatic heterocycles. The van der Waals surface area contributed by atoms with Crippen LogP contribution in [0.1, 0.15) is 48.0 Å².